The number of rotatable bonds is 10. The highest BCUT2D eigenvalue weighted by Crippen LogP contribution is 2.42. The van der Waals surface area contributed by atoms with E-state index in [1.807, 2.05) is 97.1 Å². The summed E-state index contributed by atoms with van der Waals surface area (Å²) in [7, 11) is 2.04. The average molecular weight is 1380 g/mol. The van der Waals surface area contributed by atoms with E-state index in [0.29, 0.717) is 28.4 Å². The molecule has 19 nitrogen and oxygen atoms in total. The number of pyridine rings is 1. The van der Waals surface area contributed by atoms with Crippen LogP contribution in [0.25, 0.3) is 85.0 Å². The number of aromatic nitrogens is 11. The number of fused-ring (bicyclic) bond motifs is 15. The molecule has 0 bridgehead atoms. The fraction of sp³-hybridized carbons (Fsp3) is 0.321. The maximum absolute atomic E-state index is 13.4. The first-order chi connectivity index (χ1) is 51.0. The number of nitriles is 2. The summed E-state index contributed by atoms with van der Waals surface area (Å²) in [5.41, 5.74) is 21.3. The van der Waals surface area contributed by atoms with Crippen LogP contribution in [0.4, 0.5) is 21.6 Å². The molecule has 12 aromatic rings. The zero-order chi connectivity index (χ0) is 70.2. The van der Waals surface area contributed by atoms with Crippen LogP contribution in [0.2, 0.25) is 0 Å². The molecule has 20 heteroatoms. The molecule has 3 atom stereocenters. The van der Waals surface area contributed by atoms with Crippen LogP contribution in [0.5, 0.6) is 0 Å². The van der Waals surface area contributed by atoms with Crippen molar-refractivity contribution in [2.75, 3.05) is 100 Å². The molecule has 5 aromatic carbocycles. The molecule has 7 aromatic heterocycles. The van der Waals surface area contributed by atoms with E-state index in [0.717, 1.165) is 170 Å². The van der Waals surface area contributed by atoms with Crippen molar-refractivity contribution in [2.24, 2.45) is 29.1 Å². The molecule has 0 radical (unpaired) electrons. The van der Waals surface area contributed by atoms with Crippen molar-refractivity contribution in [3.8, 4) is 97.1 Å². The van der Waals surface area contributed by atoms with E-state index >= 15 is 0 Å². The lowest BCUT2D eigenvalue weighted by molar-refractivity contribution is 0.171. The molecular weight excluding hydrogens is 1290 g/mol. The summed E-state index contributed by atoms with van der Waals surface area (Å²) in [5.74, 6) is 6.53. The molecule has 0 unspecified atom stereocenters. The highest BCUT2D eigenvalue weighted by molar-refractivity contribution is 5.76. The van der Waals surface area contributed by atoms with Gasteiger partial charge in [-0.1, -0.05) is 50.2 Å². The molecule has 5 fully saturated rings. The molecule has 522 valence electrons. The van der Waals surface area contributed by atoms with E-state index in [4.69, 9.17) is 20.5 Å². The normalized spacial score (nSPS) is 18.8. The topological polar surface area (TPSA) is 179 Å². The summed E-state index contributed by atoms with van der Waals surface area (Å²) in [6.07, 6.45) is 23.4. The molecule has 2 N–H and O–H groups in total. The smallest absolute Gasteiger partial charge is 0.185 e. The van der Waals surface area contributed by atoms with Gasteiger partial charge >= 0.3 is 0 Å². The number of anilines is 3. The SMILES string of the molecule is CC1CCN(C[C@H]2CCN(c3ccc4c(c3)Cn3cc(-c5ccc(C#N)cc5)cc3-c3nccn3-4)C2)CC1.CNC[C@H]1CN(c2ccc3c(c2)Cn2cc(-c4ccc(F)cc4)cc2-c2nccn2-3)C[C@H]1C.N#Cc1ccc(-c2cc3n(c2)Cc2cc(N4CCC5(CNC5)C4)ncc2-n2cnnc2-3)cc1. The van der Waals surface area contributed by atoms with Crippen LogP contribution >= 0.6 is 0 Å². The second-order valence-corrected chi connectivity index (χ2v) is 30.2. The predicted molar refractivity (Wildman–Crippen MR) is 406 cm³/mol. The summed E-state index contributed by atoms with van der Waals surface area (Å²) in [4.78, 5) is 24.5. The Balaban J connectivity index is 0.000000112. The van der Waals surface area contributed by atoms with Crippen LogP contribution in [0, 0.1) is 57.6 Å². The Bertz CT molecular complexity index is 5250. The number of likely N-dealkylation sites (tertiary alicyclic amines) is 1. The van der Waals surface area contributed by atoms with Crippen LogP contribution in [-0.2, 0) is 19.6 Å². The standard InChI is InChI=1S/C32H34N6.C27H28FN5.C25H22N8/c1-23-8-12-35(13-9-23)19-25-10-14-36(20-25)29-6-7-30-28(16-29)22-37-21-27(26-4-2-24(18-33)3-5-26)17-31(37)32-34-11-15-38(30)32;1-18-14-31(17-22(18)13-29-2)24-7-8-25-21(11-24)16-32-15-20(19-3-5-23(28)6-4-19)12-26(32)27-30-9-10-33(25)27;26-9-17-1-3-18(4-2-17)19-7-21-24-30-29-16-33(24)22-10-28-23(8-20(22)12-32(21)11-19)31-6-5-25(15-31)13-27-14-25/h2-7,11,15-17,21,23,25H,8-10,12-14,19-20,22H2,1H3;3-12,15,18,22,29H,13-14,16-17H2,1-2H3;1-4,7-8,10-11,16,27H,5-6,12-15H2/t25-;18-,22+;/m11./s1. The Labute approximate surface area is 605 Å². The molecule has 15 heterocycles. The molecule has 20 rings (SSSR count). The Hall–Kier alpha value is -11.2. The highest BCUT2D eigenvalue weighted by atomic mass is 19.1. The fourth-order valence-electron chi connectivity index (χ4n) is 17.3. The zero-order valence-corrected chi connectivity index (χ0v) is 59.1. The van der Waals surface area contributed by atoms with Crippen molar-refractivity contribution >= 4 is 17.2 Å². The monoisotopic (exact) mass is 1380 g/mol. The Morgan fingerprint density at radius 3 is 1.66 bits per heavy atom. The van der Waals surface area contributed by atoms with E-state index in [1.54, 1.807) is 6.33 Å². The first-order valence-electron chi connectivity index (χ1n) is 36.9. The third-order valence-corrected chi connectivity index (χ3v) is 23.4. The Morgan fingerprint density at radius 2 is 1.12 bits per heavy atom. The third kappa shape index (κ3) is 12.2. The van der Waals surface area contributed by atoms with Gasteiger partial charge in [-0.05, 0) is 201 Å². The summed E-state index contributed by atoms with van der Waals surface area (Å²) >= 11 is 0. The van der Waals surface area contributed by atoms with Crippen molar-refractivity contribution in [2.45, 2.75) is 59.2 Å². The van der Waals surface area contributed by atoms with Crippen LogP contribution in [0.3, 0.4) is 0 Å². The number of halogens is 1. The lowest BCUT2D eigenvalue weighted by Gasteiger charge is -2.39. The minimum atomic E-state index is -0.218. The number of hydrogen-bond acceptors (Lipinski definition) is 13. The van der Waals surface area contributed by atoms with Gasteiger partial charge in [0.05, 0.1) is 63.6 Å². The van der Waals surface area contributed by atoms with Crippen LogP contribution in [0.1, 0.15) is 67.3 Å². The molecule has 5 saturated heterocycles. The molecule has 8 aliphatic rings. The predicted octanol–water partition coefficient (Wildman–Crippen LogP) is 13.4. The summed E-state index contributed by atoms with van der Waals surface area (Å²) in [6.45, 7) is 20.7. The lowest BCUT2D eigenvalue weighted by Crippen LogP contribution is -2.54. The number of hydrogen-bond donors (Lipinski definition) is 2. The number of nitrogens with one attached hydrogen (secondary N) is 2. The van der Waals surface area contributed by atoms with Gasteiger partial charge < -0.3 is 43.9 Å². The summed E-state index contributed by atoms with van der Waals surface area (Å²) < 4.78 is 26.7. The Morgan fingerprint density at radius 1 is 0.558 bits per heavy atom. The maximum atomic E-state index is 13.4. The van der Waals surface area contributed by atoms with Gasteiger partial charge in [0.15, 0.2) is 17.5 Å². The van der Waals surface area contributed by atoms with E-state index in [-0.39, 0.29) is 5.82 Å². The minimum Gasteiger partial charge on any atom is -0.371 e. The number of nitrogens with zero attached hydrogens (tertiary/aromatic N) is 17. The van der Waals surface area contributed by atoms with E-state index in [9.17, 15) is 4.39 Å². The van der Waals surface area contributed by atoms with Gasteiger partial charge in [-0.15, -0.1) is 10.2 Å². The first-order valence-corrected chi connectivity index (χ1v) is 36.9. The number of piperidine rings is 1. The van der Waals surface area contributed by atoms with E-state index in [2.05, 4.69) is 180 Å². The second-order valence-electron chi connectivity index (χ2n) is 30.2. The van der Waals surface area contributed by atoms with Gasteiger partial charge in [0.2, 0.25) is 0 Å². The van der Waals surface area contributed by atoms with Gasteiger partial charge in [-0.2, -0.15) is 10.5 Å². The number of benzene rings is 5. The number of imidazole rings is 2. The summed E-state index contributed by atoms with van der Waals surface area (Å²) in [6, 6.07) is 49.2. The highest BCUT2D eigenvalue weighted by Gasteiger charge is 2.44. The van der Waals surface area contributed by atoms with Crippen LogP contribution < -0.4 is 25.3 Å². The van der Waals surface area contributed by atoms with E-state index in [1.165, 1.54) is 96.9 Å². The van der Waals surface area contributed by atoms with Crippen molar-refractivity contribution < 1.29 is 4.39 Å². The lowest BCUT2D eigenvalue weighted by atomic mass is 9.81. The molecular formula is C84H84FN19. The molecule has 0 saturated carbocycles. The molecule has 1 spiro atoms. The quantitative estimate of drug-likeness (QED) is 0.132. The van der Waals surface area contributed by atoms with Crippen molar-refractivity contribution in [1.29, 1.82) is 10.5 Å². The van der Waals surface area contributed by atoms with Crippen molar-refractivity contribution in [1.82, 2.24) is 68.1 Å². The molecule has 8 aliphatic heterocycles. The Kier molecular flexibility index (Phi) is 16.8. The molecule has 0 aliphatic carbocycles. The zero-order valence-electron chi connectivity index (χ0n) is 59.1. The summed E-state index contributed by atoms with van der Waals surface area (Å²) in [5, 5.41) is 33.7. The first kappa shape index (κ1) is 64.9. The van der Waals surface area contributed by atoms with Crippen molar-refractivity contribution in [3.63, 3.8) is 0 Å². The second kappa shape index (κ2) is 26.9. The largest absolute Gasteiger partial charge is 0.371 e. The van der Waals surface area contributed by atoms with Gasteiger partial charge in [-0.25, -0.2) is 19.3 Å². The average Bonchev–Trinajstić information content (AvgIpc) is 1.61. The van der Waals surface area contributed by atoms with Gasteiger partial charge in [0, 0.05) is 161 Å². The fourth-order valence-corrected chi connectivity index (χ4v) is 17.3. The third-order valence-electron chi connectivity index (χ3n) is 23.4. The van der Waals surface area contributed by atoms with Gasteiger partial charge in [0.1, 0.15) is 18.0 Å². The minimum absolute atomic E-state index is 0.218. The van der Waals surface area contributed by atoms with Crippen LogP contribution in [0.15, 0.2) is 189 Å². The maximum Gasteiger partial charge on any atom is 0.185 e. The van der Waals surface area contributed by atoms with Crippen LogP contribution in [-0.4, -0.2) is 143 Å². The van der Waals surface area contributed by atoms with E-state index < -0.39 is 0 Å². The van der Waals surface area contributed by atoms with Gasteiger partial charge in [0.25, 0.3) is 0 Å². The molecule has 104 heavy (non-hydrogen) atoms. The van der Waals surface area contributed by atoms with Gasteiger partial charge in [-0.3, -0.25) is 13.7 Å². The molecule has 0 amide bonds. The van der Waals surface area contributed by atoms with Crippen molar-refractivity contribution in [3.05, 3.63) is 223 Å².